The number of nitrogens with one attached hydrogen (secondary N) is 2. The third kappa shape index (κ3) is 5.65. The summed E-state index contributed by atoms with van der Waals surface area (Å²) in [6.07, 6.45) is 14.6. The smallest absolute Gasteiger partial charge is 0.230 e. The summed E-state index contributed by atoms with van der Waals surface area (Å²) in [7, 11) is 0. The summed E-state index contributed by atoms with van der Waals surface area (Å²) in [4.78, 5) is 16.4. The first-order valence-corrected chi connectivity index (χ1v) is 10.3. The van der Waals surface area contributed by atoms with Gasteiger partial charge < -0.3 is 5.32 Å². The van der Waals surface area contributed by atoms with E-state index < -0.39 is 0 Å². The summed E-state index contributed by atoms with van der Waals surface area (Å²) in [6.45, 7) is 0.742. The van der Waals surface area contributed by atoms with E-state index in [0.717, 1.165) is 31.1 Å². The normalized spacial score (nSPS) is 18.6. The van der Waals surface area contributed by atoms with E-state index in [-0.39, 0.29) is 5.91 Å². The molecule has 2 aliphatic carbocycles. The lowest BCUT2D eigenvalue weighted by Gasteiger charge is -2.12. The predicted molar refractivity (Wildman–Crippen MR) is 96.9 cm³/mol. The number of carbonyl (C=O) groups excluding carboxylic acids is 1. The highest BCUT2D eigenvalue weighted by Crippen LogP contribution is 2.27. The molecule has 0 aliphatic heterocycles. The Kier molecular flexibility index (Phi) is 6.75. The fraction of sp³-hybridized carbons (Fsp3) is 0.722. The van der Waals surface area contributed by atoms with Gasteiger partial charge in [0, 0.05) is 13.0 Å². The lowest BCUT2D eigenvalue weighted by Crippen LogP contribution is -2.26. The third-order valence-corrected chi connectivity index (χ3v) is 5.80. The molecule has 2 aliphatic rings. The first-order chi connectivity index (χ1) is 11.8. The molecule has 1 aromatic rings. The molecule has 1 heterocycles. The number of H-pyrrole nitrogens is 1. The van der Waals surface area contributed by atoms with Crippen molar-refractivity contribution < 1.29 is 4.79 Å². The van der Waals surface area contributed by atoms with Gasteiger partial charge in [0.25, 0.3) is 0 Å². The van der Waals surface area contributed by atoms with Crippen LogP contribution in [0.25, 0.3) is 0 Å². The molecule has 24 heavy (non-hydrogen) atoms. The molecule has 2 N–H and O–H groups in total. The fourth-order valence-electron chi connectivity index (χ4n) is 3.60. The molecule has 0 bridgehead atoms. The van der Waals surface area contributed by atoms with E-state index in [1.54, 1.807) is 0 Å². The summed E-state index contributed by atoms with van der Waals surface area (Å²) in [5, 5.41) is 10.9. The van der Waals surface area contributed by atoms with Crippen molar-refractivity contribution in [2.24, 2.45) is 5.92 Å². The maximum Gasteiger partial charge on any atom is 0.230 e. The van der Waals surface area contributed by atoms with Crippen LogP contribution in [0.2, 0.25) is 0 Å². The molecule has 0 saturated heterocycles. The Hall–Kier alpha value is -1.30. The van der Waals surface area contributed by atoms with Gasteiger partial charge in [-0.1, -0.05) is 49.1 Å². The van der Waals surface area contributed by atoms with E-state index in [9.17, 15) is 4.79 Å². The van der Waals surface area contributed by atoms with Crippen LogP contribution >= 0.6 is 11.8 Å². The van der Waals surface area contributed by atoms with Crippen molar-refractivity contribution in [1.29, 1.82) is 0 Å². The summed E-state index contributed by atoms with van der Waals surface area (Å²) in [6, 6.07) is 0. The average molecular weight is 349 g/mol. The van der Waals surface area contributed by atoms with Crippen molar-refractivity contribution in [1.82, 2.24) is 20.5 Å². The molecule has 132 valence electrons. The fourth-order valence-corrected chi connectivity index (χ4v) is 4.24. The van der Waals surface area contributed by atoms with Crippen LogP contribution in [0.15, 0.2) is 16.8 Å². The van der Waals surface area contributed by atoms with Crippen molar-refractivity contribution >= 4 is 17.7 Å². The summed E-state index contributed by atoms with van der Waals surface area (Å²) in [5.74, 6) is 2.18. The second kappa shape index (κ2) is 9.25. The average Bonchev–Trinajstić information content (AvgIpc) is 3.26. The van der Waals surface area contributed by atoms with Gasteiger partial charge in [-0.05, 0) is 38.0 Å². The van der Waals surface area contributed by atoms with Gasteiger partial charge in [0.05, 0.1) is 5.75 Å². The Morgan fingerprint density at radius 1 is 1.29 bits per heavy atom. The zero-order valence-electron chi connectivity index (χ0n) is 14.4. The number of aromatic nitrogens is 3. The first-order valence-electron chi connectivity index (χ1n) is 9.28. The zero-order valence-corrected chi connectivity index (χ0v) is 15.2. The largest absolute Gasteiger partial charge is 0.355 e. The number of rotatable bonds is 8. The topological polar surface area (TPSA) is 70.7 Å². The highest BCUT2D eigenvalue weighted by Gasteiger charge is 2.17. The van der Waals surface area contributed by atoms with Crippen LogP contribution in [0, 0.1) is 5.92 Å². The highest BCUT2D eigenvalue weighted by molar-refractivity contribution is 7.99. The summed E-state index contributed by atoms with van der Waals surface area (Å²) in [5.41, 5.74) is 1.50. The minimum absolute atomic E-state index is 0.0681. The number of carbonyl (C=O) groups is 1. The number of hydrogen-bond donors (Lipinski definition) is 2. The van der Waals surface area contributed by atoms with Crippen molar-refractivity contribution in [2.75, 3.05) is 12.3 Å². The van der Waals surface area contributed by atoms with Crippen LogP contribution in [0.1, 0.15) is 63.6 Å². The lowest BCUT2D eigenvalue weighted by molar-refractivity contribution is -0.118. The number of nitrogens with zero attached hydrogens (tertiary/aromatic N) is 2. The van der Waals surface area contributed by atoms with Crippen LogP contribution < -0.4 is 5.32 Å². The number of hydrogen-bond acceptors (Lipinski definition) is 4. The molecule has 5 nitrogen and oxygen atoms in total. The maximum absolute atomic E-state index is 11.9. The second-order valence-corrected chi connectivity index (χ2v) is 7.86. The lowest BCUT2D eigenvalue weighted by atomic mass is 9.97. The van der Waals surface area contributed by atoms with Crippen LogP contribution in [0.3, 0.4) is 0 Å². The number of allylic oxidation sites excluding steroid dienone is 1. The van der Waals surface area contributed by atoms with E-state index >= 15 is 0 Å². The van der Waals surface area contributed by atoms with E-state index in [2.05, 4.69) is 26.6 Å². The quantitative estimate of drug-likeness (QED) is 0.556. The molecule has 1 fully saturated rings. The van der Waals surface area contributed by atoms with Gasteiger partial charge in [-0.15, -0.1) is 5.10 Å². The molecule has 0 radical (unpaired) electrons. The molecule has 3 rings (SSSR count). The van der Waals surface area contributed by atoms with E-state index in [0.29, 0.717) is 10.9 Å². The number of aromatic amines is 1. The Morgan fingerprint density at radius 2 is 2.17 bits per heavy atom. The van der Waals surface area contributed by atoms with Gasteiger partial charge >= 0.3 is 0 Å². The second-order valence-electron chi connectivity index (χ2n) is 6.92. The van der Waals surface area contributed by atoms with E-state index in [1.807, 2.05) is 0 Å². The minimum Gasteiger partial charge on any atom is -0.355 e. The first kappa shape index (κ1) is 17.5. The van der Waals surface area contributed by atoms with Gasteiger partial charge in [0.15, 0.2) is 0 Å². The Morgan fingerprint density at radius 3 is 2.96 bits per heavy atom. The zero-order chi connectivity index (χ0) is 16.6. The molecule has 1 aromatic heterocycles. The molecule has 0 atom stereocenters. The standard InChI is InChI=1S/C18H28N4OS/c23-17(19-11-10-14-6-2-1-3-7-14)13-24-18-20-16(21-22-18)12-15-8-4-5-9-15/h6,15H,1-5,7-13H2,(H,19,23)(H,20,21,22). The monoisotopic (exact) mass is 348 g/mol. The summed E-state index contributed by atoms with van der Waals surface area (Å²) >= 11 is 1.41. The molecule has 0 aromatic carbocycles. The number of amides is 1. The van der Waals surface area contributed by atoms with Crippen molar-refractivity contribution in [3.8, 4) is 0 Å². The number of thioether (sulfide) groups is 1. The Balaban J connectivity index is 1.32. The van der Waals surface area contributed by atoms with Crippen LogP contribution in [0.5, 0.6) is 0 Å². The predicted octanol–water partition coefficient (Wildman–Crippen LogP) is 3.64. The van der Waals surface area contributed by atoms with E-state index in [1.165, 1.54) is 68.7 Å². The minimum atomic E-state index is 0.0681. The maximum atomic E-state index is 11.9. The van der Waals surface area contributed by atoms with Crippen LogP contribution in [-0.2, 0) is 11.2 Å². The van der Waals surface area contributed by atoms with Crippen molar-refractivity contribution in [3.63, 3.8) is 0 Å². The SMILES string of the molecule is O=C(CSc1n[nH]c(CC2CCCC2)n1)NCCC1=CCCCC1. The van der Waals surface area contributed by atoms with Gasteiger partial charge in [-0.2, -0.15) is 0 Å². The molecule has 0 spiro atoms. The molecular formula is C18H28N4OS. The van der Waals surface area contributed by atoms with Gasteiger partial charge in [0.1, 0.15) is 5.82 Å². The van der Waals surface area contributed by atoms with E-state index in [4.69, 9.17) is 0 Å². The van der Waals surface area contributed by atoms with Gasteiger partial charge in [0.2, 0.25) is 11.1 Å². The molecule has 6 heteroatoms. The van der Waals surface area contributed by atoms with Gasteiger partial charge in [-0.3, -0.25) is 9.89 Å². The van der Waals surface area contributed by atoms with Crippen molar-refractivity contribution in [2.45, 2.75) is 69.4 Å². The van der Waals surface area contributed by atoms with Crippen LogP contribution in [0.4, 0.5) is 0 Å². The Bertz CT molecular complexity index is 563. The molecule has 0 unspecified atom stereocenters. The third-order valence-electron chi connectivity index (χ3n) is 4.95. The molecular weight excluding hydrogens is 320 g/mol. The van der Waals surface area contributed by atoms with Gasteiger partial charge in [-0.25, -0.2) is 4.98 Å². The Labute approximate surface area is 148 Å². The van der Waals surface area contributed by atoms with Crippen molar-refractivity contribution in [3.05, 3.63) is 17.5 Å². The highest BCUT2D eigenvalue weighted by atomic mass is 32.2. The molecule has 1 saturated carbocycles. The summed E-state index contributed by atoms with van der Waals surface area (Å²) < 4.78 is 0. The molecule has 1 amide bonds. The van der Waals surface area contributed by atoms with Crippen LogP contribution in [-0.4, -0.2) is 33.4 Å².